The Kier molecular flexibility index (Phi) is 3.93. The molecule has 17 heavy (non-hydrogen) atoms. The lowest BCUT2D eigenvalue weighted by atomic mass is 9.94. The number of carbonyl (C=O) groups is 2. The summed E-state index contributed by atoms with van der Waals surface area (Å²) in [6.45, 7) is 5.09. The minimum atomic E-state index is -0.990. The van der Waals surface area contributed by atoms with E-state index in [9.17, 15) is 9.59 Å². The quantitative estimate of drug-likeness (QED) is 0.819. The summed E-state index contributed by atoms with van der Waals surface area (Å²) in [4.78, 5) is 22.5. The average Bonchev–Trinajstić information content (AvgIpc) is 2.74. The van der Waals surface area contributed by atoms with Crippen LogP contribution in [0, 0.1) is 5.41 Å². The lowest BCUT2D eigenvalue weighted by molar-refractivity contribution is -0.146. The molecular weight excluding hydrogens is 222 g/mol. The molecule has 0 spiro atoms. The zero-order valence-corrected chi connectivity index (χ0v) is 10.2. The first-order valence-electron chi connectivity index (χ1n) is 5.47. The standard InChI is InChI=1S/C12H17NO4/c1-4-8-5-6-9(17-8)10(14)13-7-12(2,3)11(15)16/h5-6H,4,7H2,1-3H3,(H,13,14)(H,15,16). The van der Waals surface area contributed by atoms with E-state index in [-0.39, 0.29) is 18.2 Å². The summed E-state index contributed by atoms with van der Waals surface area (Å²) >= 11 is 0. The van der Waals surface area contributed by atoms with Crippen molar-refractivity contribution in [3.05, 3.63) is 23.7 Å². The van der Waals surface area contributed by atoms with Crippen molar-refractivity contribution in [2.45, 2.75) is 27.2 Å². The third kappa shape index (κ3) is 3.34. The fourth-order valence-corrected chi connectivity index (χ4v) is 1.15. The Bertz CT molecular complexity index is 420. The van der Waals surface area contributed by atoms with Crippen molar-refractivity contribution in [3.63, 3.8) is 0 Å². The van der Waals surface area contributed by atoms with Crippen molar-refractivity contribution in [3.8, 4) is 0 Å². The molecule has 1 rings (SSSR count). The highest BCUT2D eigenvalue weighted by atomic mass is 16.4. The van der Waals surface area contributed by atoms with Crippen LogP contribution < -0.4 is 5.32 Å². The molecule has 0 aliphatic rings. The van der Waals surface area contributed by atoms with Gasteiger partial charge in [0, 0.05) is 13.0 Å². The first-order valence-corrected chi connectivity index (χ1v) is 5.47. The summed E-state index contributed by atoms with van der Waals surface area (Å²) in [5.41, 5.74) is -0.990. The number of aliphatic carboxylic acids is 1. The predicted molar refractivity (Wildman–Crippen MR) is 61.8 cm³/mol. The molecule has 1 aromatic rings. The van der Waals surface area contributed by atoms with E-state index in [2.05, 4.69) is 5.32 Å². The van der Waals surface area contributed by atoms with Gasteiger partial charge in [-0.25, -0.2) is 0 Å². The van der Waals surface area contributed by atoms with Gasteiger partial charge >= 0.3 is 5.97 Å². The third-order valence-corrected chi connectivity index (χ3v) is 2.50. The molecular formula is C12H17NO4. The molecule has 0 aliphatic carbocycles. The Balaban J connectivity index is 2.58. The van der Waals surface area contributed by atoms with Gasteiger partial charge in [0.1, 0.15) is 5.76 Å². The molecule has 0 radical (unpaired) electrons. The van der Waals surface area contributed by atoms with E-state index in [0.29, 0.717) is 6.42 Å². The van der Waals surface area contributed by atoms with E-state index < -0.39 is 11.4 Å². The zero-order valence-electron chi connectivity index (χ0n) is 10.2. The summed E-state index contributed by atoms with van der Waals surface area (Å²) in [7, 11) is 0. The van der Waals surface area contributed by atoms with Crippen LogP contribution in [0.4, 0.5) is 0 Å². The maximum atomic E-state index is 11.6. The highest BCUT2D eigenvalue weighted by molar-refractivity contribution is 5.91. The smallest absolute Gasteiger partial charge is 0.310 e. The normalized spacial score (nSPS) is 11.2. The molecule has 0 saturated carbocycles. The van der Waals surface area contributed by atoms with Crippen LogP contribution in [0.3, 0.4) is 0 Å². The number of furan rings is 1. The SMILES string of the molecule is CCc1ccc(C(=O)NCC(C)(C)C(=O)O)o1. The van der Waals surface area contributed by atoms with Crippen LogP contribution in [0.5, 0.6) is 0 Å². The lowest BCUT2D eigenvalue weighted by Crippen LogP contribution is -2.38. The van der Waals surface area contributed by atoms with E-state index in [4.69, 9.17) is 9.52 Å². The second kappa shape index (κ2) is 5.03. The Hall–Kier alpha value is -1.78. The maximum Gasteiger partial charge on any atom is 0.310 e. The van der Waals surface area contributed by atoms with Gasteiger partial charge in [0.15, 0.2) is 5.76 Å². The number of aryl methyl sites for hydroxylation is 1. The minimum Gasteiger partial charge on any atom is -0.481 e. The number of rotatable bonds is 5. The predicted octanol–water partition coefficient (Wildman–Crippen LogP) is 1.68. The fraction of sp³-hybridized carbons (Fsp3) is 0.500. The molecule has 1 amide bonds. The average molecular weight is 239 g/mol. The molecule has 1 aromatic heterocycles. The number of hydrogen-bond acceptors (Lipinski definition) is 3. The van der Waals surface area contributed by atoms with Crippen LogP contribution in [0.25, 0.3) is 0 Å². The van der Waals surface area contributed by atoms with Crippen molar-refractivity contribution < 1.29 is 19.1 Å². The van der Waals surface area contributed by atoms with Gasteiger partial charge in [-0.2, -0.15) is 0 Å². The van der Waals surface area contributed by atoms with Crippen LogP contribution in [0.1, 0.15) is 37.1 Å². The number of carboxylic acids is 1. The van der Waals surface area contributed by atoms with Crippen molar-refractivity contribution in [1.82, 2.24) is 5.32 Å². The van der Waals surface area contributed by atoms with Crippen LogP contribution in [-0.4, -0.2) is 23.5 Å². The van der Waals surface area contributed by atoms with Gasteiger partial charge < -0.3 is 14.8 Å². The molecule has 5 nitrogen and oxygen atoms in total. The van der Waals surface area contributed by atoms with E-state index in [0.717, 1.165) is 5.76 Å². The molecule has 5 heteroatoms. The van der Waals surface area contributed by atoms with Crippen LogP contribution in [-0.2, 0) is 11.2 Å². The van der Waals surface area contributed by atoms with Crippen molar-refractivity contribution in [2.24, 2.45) is 5.41 Å². The molecule has 94 valence electrons. The Labute approximate surface area is 99.8 Å². The van der Waals surface area contributed by atoms with Gasteiger partial charge in [0.25, 0.3) is 5.91 Å². The zero-order chi connectivity index (χ0) is 13.1. The number of hydrogen-bond donors (Lipinski definition) is 2. The van der Waals surface area contributed by atoms with E-state index in [1.165, 1.54) is 0 Å². The summed E-state index contributed by atoms with van der Waals surface area (Å²) in [5.74, 6) is -0.402. The maximum absolute atomic E-state index is 11.6. The number of nitrogens with one attached hydrogen (secondary N) is 1. The number of carbonyl (C=O) groups excluding carboxylic acids is 1. The molecule has 0 aromatic carbocycles. The second-order valence-corrected chi connectivity index (χ2v) is 4.49. The molecule has 0 fully saturated rings. The molecule has 0 bridgehead atoms. The van der Waals surface area contributed by atoms with Gasteiger partial charge in [-0.1, -0.05) is 6.92 Å². The van der Waals surface area contributed by atoms with Crippen molar-refractivity contribution in [1.29, 1.82) is 0 Å². The second-order valence-electron chi connectivity index (χ2n) is 4.49. The van der Waals surface area contributed by atoms with Gasteiger partial charge in [-0.15, -0.1) is 0 Å². The number of carboxylic acid groups (broad SMARTS) is 1. The lowest BCUT2D eigenvalue weighted by Gasteiger charge is -2.18. The minimum absolute atomic E-state index is 0.0589. The summed E-state index contributed by atoms with van der Waals surface area (Å²) in [6, 6.07) is 3.32. The Morgan fingerprint density at radius 2 is 2.06 bits per heavy atom. The Morgan fingerprint density at radius 1 is 1.41 bits per heavy atom. The highest BCUT2D eigenvalue weighted by Gasteiger charge is 2.28. The summed E-state index contributed by atoms with van der Waals surface area (Å²) in [5, 5.41) is 11.4. The van der Waals surface area contributed by atoms with Crippen LogP contribution in [0.15, 0.2) is 16.5 Å². The first kappa shape index (κ1) is 13.3. The van der Waals surface area contributed by atoms with E-state index in [1.807, 2.05) is 6.92 Å². The fourth-order valence-electron chi connectivity index (χ4n) is 1.15. The van der Waals surface area contributed by atoms with Crippen LogP contribution >= 0.6 is 0 Å². The van der Waals surface area contributed by atoms with Gasteiger partial charge in [-0.05, 0) is 26.0 Å². The summed E-state index contributed by atoms with van der Waals surface area (Å²) < 4.78 is 5.26. The molecule has 0 unspecified atom stereocenters. The highest BCUT2D eigenvalue weighted by Crippen LogP contribution is 2.14. The van der Waals surface area contributed by atoms with Gasteiger partial charge in [0.05, 0.1) is 5.41 Å². The summed E-state index contributed by atoms with van der Waals surface area (Å²) in [6.07, 6.45) is 0.716. The molecule has 2 N–H and O–H groups in total. The largest absolute Gasteiger partial charge is 0.481 e. The van der Waals surface area contributed by atoms with Crippen molar-refractivity contribution >= 4 is 11.9 Å². The van der Waals surface area contributed by atoms with E-state index >= 15 is 0 Å². The monoisotopic (exact) mass is 239 g/mol. The van der Waals surface area contributed by atoms with Crippen molar-refractivity contribution in [2.75, 3.05) is 6.54 Å². The van der Waals surface area contributed by atoms with E-state index in [1.54, 1.807) is 26.0 Å². The van der Waals surface area contributed by atoms with Crippen LogP contribution in [0.2, 0.25) is 0 Å². The molecule has 0 aliphatic heterocycles. The number of amides is 1. The third-order valence-electron chi connectivity index (χ3n) is 2.50. The molecule has 0 saturated heterocycles. The van der Waals surface area contributed by atoms with Gasteiger partial charge in [0.2, 0.25) is 0 Å². The topological polar surface area (TPSA) is 79.5 Å². The van der Waals surface area contributed by atoms with Gasteiger partial charge in [-0.3, -0.25) is 9.59 Å². The Morgan fingerprint density at radius 3 is 2.53 bits per heavy atom. The molecule has 0 atom stereocenters. The first-order chi connectivity index (χ1) is 7.86. The molecule has 1 heterocycles.